The fourth-order valence-corrected chi connectivity index (χ4v) is 2.60. The Morgan fingerprint density at radius 2 is 1.91 bits per heavy atom. The van der Waals surface area contributed by atoms with Crippen LogP contribution in [0.15, 0.2) is 0 Å². The number of carbonyl (C=O) groups is 2. The zero-order chi connectivity index (χ0) is 17.5. The van der Waals surface area contributed by atoms with Crippen molar-refractivity contribution in [2.45, 2.75) is 45.6 Å². The number of rotatable bonds is 8. The summed E-state index contributed by atoms with van der Waals surface area (Å²) in [6.45, 7) is 7.50. The van der Waals surface area contributed by atoms with Crippen LogP contribution in [0.4, 0.5) is 4.79 Å². The summed E-state index contributed by atoms with van der Waals surface area (Å²) in [6, 6.07) is 0. The molecule has 0 spiro atoms. The van der Waals surface area contributed by atoms with Gasteiger partial charge in [-0.05, 0) is 40.0 Å². The number of ether oxygens (including phenoxy) is 3. The predicted octanol–water partition coefficient (Wildman–Crippen LogP) is 2.14. The third kappa shape index (κ3) is 6.35. The van der Waals surface area contributed by atoms with Crippen LogP contribution in [0, 0.1) is 5.41 Å². The quantitative estimate of drug-likeness (QED) is 0.686. The topological polar surface area (TPSA) is 85.3 Å². The molecule has 1 atom stereocenters. The van der Waals surface area contributed by atoms with E-state index in [4.69, 9.17) is 14.2 Å². The van der Waals surface area contributed by atoms with E-state index >= 15 is 0 Å². The first-order valence-corrected chi connectivity index (χ1v) is 7.98. The minimum atomic E-state index is -0.901. The smallest absolute Gasteiger partial charge is 0.410 e. The van der Waals surface area contributed by atoms with Gasteiger partial charge in [-0.1, -0.05) is 0 Å². The van der Waals surface area contributed by atoms with E-state index in [-0.39, 0.29) is 6.54 Å². The summed E-state index contributed by atoms with van der Waals surface area (Å²) in [5, 5.41) is 9.60. The number of carbonyl (C=O) groups excluding carboxylic acids is 1. The van der Waals surface area contributed by atoms with Gasteiger partial charge in [0.05, 0.1) is 18.6 Å². The number of amides is 1. The molecule has 1 rings (SSSR count). The minimum absolute atomic E-state index is 0.190. The van der Waals surface area contributed by atoms with Gasteiger partial charge in [-0.2, -0.15) is 0 Å². The van der Waals surface area contributed by atoms with Crippen molar-refractivity contribution in [3.8, 4) is 0 Å². The van der Waals surface area contributed by atoms with Crippen molar-refractivity contribution in [1.82, 2.24) is 4.90 Å². The molecule has 0 aromatic carbocycles. The fourth-order valence-electron chi connectivity index (χ4n) is 2.60. The van der Waals surface area contributed by atoms with Crippen LogP contribution in [0.5, 0.6) is 0 Å². The normalized spacial score (nSPS) is 21.5. The largest absolute Gasteiger partial charge is 0.481 e. The number of aliphatic carboxylic acids is 1. The molecule has 1 heterocycles. The highest BCUT2D eigenvalue weighted by molar-refractivity contribution is 5.78. The fraction of sp³-hybridized carbons (Fsp3) is 0.875. The zero-order valence-corrected chi connectivity index (χ0v) is 14.6. The second-order valence-corrected chi connectivity index (χ2v) is 6.95. The van der Waals surface area contributed by atoms with Crippen LogP contribution < -0.4 is 0 Å². The molecule has 1 aliphatic rings. The molecule has 0 aromatic heterocycles. The van der Waals surface area contributed by atoms with Crippen molar-refractivity contribution in [3.63, 3.8) is 0 Å². The average molecular weight is 331 g/mol. The third-order valence-electron chi connectivity index (χ3n) is 3.83. The van der Waals surface area contributed by atoms with Gasteiger partial charge < -0.3 is 24.2 Å². The summed E-state index contributed by atoms with van der Waals surface area (Å²) in [5.41, 5.74) is -1.48. The van der Waals surface area contributed by atoms with Gasteiger partial charge in [0.25, 0.3) is 0 Å². The summed E-state index contributed by atoms with van der Waals surface area (Å²) >= 11 is 0. The van der Waals surface area contributed by atoms with Gasteiger partial charge in [0.15, 0.2) is 0 Å². The highest BCUT2D eigenvalue weighted by Gasteiger charge is 2.46. The summed E-state index contributed by atoms with van der Waals surface area (Å²) in [4.78, 5) is 25.3. The Morgan fingerprint density at radius 1 is 1.22 bits per heavy atom. The van der Waals surface area contributed by atoms with Gasteiger partial charge in [-0.25, -0.2) is 4.79 Å². The Morgan fingerprint density at radius 3 is 2.48 bits per heavy atom. The Hall–Kier alpha value is -1.34. The predicted molar refractivity (Wildman–Crippen MR) is 84.4 cm³/mol. The lowest BCUT2D eigenvalue weighted by molar-refractivity contribution is -0.148. The molecule has 7 nitrogen and oxygen atoms in total. The van der Waals surface area contributed by atoms with E-state index in [1.54, 1.807) is 27.9 Å². The Balaban J connectivity index is 2.49. The molecule has 0 bridgehead atoms. The maximum Gasteiger partial charge on any atom is 0.410 e. The summed E-state index contributed by atoms with van der Waals surface area (Å²) < 4.78 is 15.6. The van der Waals surface area contributed by atoms with E-state index in [9.17, 15) is 14.7 Å². The Kier molecular flexibility index (Phi) is 7.28. The average Bonchev–Trinajstić information content (AvgIpc) is 2.87. The Labute approximate surface area is 137 Å². The third-order valence-corrected chi connectivity index (χ3v) is 3.83. The van der Waals surface area contributed by atoms with Crippen molar-refractivity contribution in [2.75, 3.05) is 40.0 Å². The molecule has 1 N–H and O–H groups in total. The van der Waals surface area contributed by atoms with Crippen LogP contribution in [0.2, 0.25) is 0 Å². The SMILES string of the molecule is COCCOCCCC1(C(=O)O)CCN(C(=O)OC(C)(C)C)C1. The van der Waals surface area contributed by atoms with Crippen LogP contribution in [0.25, 0.3) is 0 Å². The van der Waals surface area contributed by atoms with Gasteiger partial charge in [-0.3, -0.25) is 4.79 Å². The van der Waals surface area contributed by atoms with Crippen molar-refractivity contribution < 1.29 is 28.9 Å². The van der Waals surface area contributed by atoms with Crippen molar-refractivity contribution in [2.24, 2.45) is 5.41 Å². The minimum Gasteiger partial charge on any atom is -0.481 e. The number of hydrogen-bond donors (Lipinski definition) is 1. The highest BCUT2D eigenvalue weighted by Crippen LogP contribution is 2.36. The molecule has 1 unspecified atom stereocenters. The van der Waals surface area contributed by atoms with E-state index in [0.717, 1.165) is 0 Å². The molecule has 134 valence electrons. The lowest BCUT2D eigenvalue weighted by Gasteiger charge is -2.27. The number of nitrogens with zero attached hydrogens (tertiary/aromatic N) is 1. The molecule has 7 heteroatoms. The number of hydrogen-bond acceptors (Lipinski definition) is 5. The van der Waals surface area contributed by atoms with Gasteiger partial charge >= 0.3 is 12.1 Å². The van der Waals surface area contributed by atoms with E-state index in [2.05, 4.69) is 0 Å². The lowest BCUT2D eigenvalue weighted by Crippen LogP contribution is -2.39. The number of carboxylic acid groups (broad SMARTS) is 1. The molecule has 0 aromatic rings. The molecule has 0 aliphatic carbocycles. The van der Waals surface area contributed by atoms with E-state index in [1.807, 2.05) is 0 Å². The number of carboxylic acids is 1. The van der Waals surface area contributed by atoms with Crippen LogP contribution in [0.1, 0.15) is 40.0 Å². The second-order valence-electron chi connectivity index (χ2n) is 6.95. The maximum absolute atomic E-state index is 12.1. The van der Waals surface area contributed by atoms with Gasteiger partial charge in [0.2, 0.25) is 0 Å². The molecular formula is C16H29NO6. The van der Waals surface area contributed by atoms with Gasteiger partial charge in [0.1, 0.15) is 5.60 Å². The number of likely N-dealkylation sites (tertiary alicyclic amines) is 1. The molecule has 1 fully saturated rings. The first-order chi connectivity index (χ1) is 10.7. The van der Waals surface area contributed by atoms with E-state index in [1.165, 1.54) is 4.90 Å². The summed E-state index contributed by atoms with van der Waals surface area (Å²) in [5.74, 6) is -0.861. The lowest BCUT2D eigenvalue weighted by atomic mass is 9.82. The number of methoxy groups -OCH3 is 1. The second kappa shape index (κ2) is 8.49. The molecule has 1 amide bonds. The van der Waals surface area contributed by atoms with Gasteiger partial charge in [0, 0.05) is 26.8 Å². The molecule has 1 saturated heterocycles. The monoisotopic (exact) mass is 331 g/mol. The van der Waals surface area contributed by atoms with Gasteiger partial charge in [-0.15, -0.1) is 0 Å². The molecular weight excluding hydrogens is 302 g/mol. The first kappa shape index (κ1) is 19.7. The van der Waals surface area contributed by atoms with Crippen LogP contribution in [-0.4, -0.2) is 67.7 Å². The van der Waals surface area contributed by atoms with Crippen molar-refractivity contribution in [3.05, 3.63) is 0 Å². The molecule has 0 radical (unpaired) electrons. The van der Waals surface area contributed by atoms with Crippen molar-refractivity contribution >= 4 is 12.1 Å². The zero-order valence-electron chi connectivity index (χ0n) is 14.6. The highest BCUT2D eigenvalue weighted by atomic mass is 16.6. The summed E-state index contributed by atoms with van der Waals surface area (Å²) in [7, 11) is 1.60. The van der Waals surface area contributed by atoms with Crippen LogP contribution in [0.3, 0.4) is 0 Å². The van der Waals surface area contributed by atoms with Crippen LogP contribution >= 0.6 is 0 Å². The molecule has 1 aliphatic heterocycles. The maximum atomic E-state index is 12.1. The standard InChI is InChI=1S/C16H29NO6/c1-15(2,3)23-14(20)17-8-7-16(12-17,13(18)19)6-5-9-22-11-10-21-4/h5-12H2,1-4H3,(H,18,19). The first-order valence-electron chi connectivity index (χ1n) is 7.98. The van der Waals surface area contributed by atoms with Crippen molar-refractivity contribution in [1.29, 1.82) is 0 Å². The Bertz CT molecular complexity index is 406. The molecule has 23 heavy (non-hydrogen) atoms. The van der Waals surface area contributed by atoms with Crippen LogP contribution in [-0.2, 0) is 19.0 Å². The van der Waals surface area contributed by atoms with E-state index < -0.39 is 23.1 Å². The van der Waals surface area contributed by atoms with E-state index in [0.29, 0.717) is 45.6 Å². The summed E-state index contributed by atoms with van der Waals surface area (Å²) in [6.07, 6.45) is 1.11. The molecule has 0 saturated carbocycles.